The topological polar surface area (TPSA) is 32.3 Å². The van der Waals surface area contributed by atoms with Crippen LogP contribution in [0.1, 0.15) is 48.6 Å². The predicted molar refractivity (Wildman–Crippen MR) is 110 cm³/mol. The van der Waals surface area contributed by atoms with Crippen molar-refractivity contribution in [2.45, 2.75) is 50.3 Å². The van der Waals surface area contributed by atoms with E-state index in [0.29, 0.717) is 11.3 Å². The highest BCUT2D eigenvalue weighted by atomic mass is 19.4. The fourth-order valence-corrected chi connectivity index (χ4v) is 4.25. The summed E-state index contributed by atoms with van der Waals surface area (Å²) in [4.78, 5) is 12.5. The van der Waals surface area contributed by atoms with E-state index in [1.54, 1.807) is 19.1 Å². The first kappa shape index (κ1) is 26.7. The van der Waals surface area contributed by atoms with Crippen molar-refractivity contribution in [3.05, 3.63) is 64.7 Å². The fraction of sp³-hybridized carbons (Fsp3) is 0.435. The first-order valence-electron chi connectivity index (χ1n) is 10.4. The molecule has 2 atom stereocenters. The number of benzene rings is 2. The molecule has 0 aliphatic carbocycles. The van der Waals surface area contributed by atoms with Crippen molar-refractivity contribution < 1.29 is 44.3 Å². The molecule has 1 saturated heterocycles. The van der Waals surface area contributed by atoms with E-state index < -0.39 is 53.6 Å². The second-order valence-corrected chi connectivity index (χ2v) is 8.56. The van der Waals surface area contributed by atoms with E-state index in [9.17, 15) is 44.3 Å². The van der Waals surface area contributed by atoms with Gasteiger partial charge in [-0.3, -0.25) is 4.79 Å². The maximum atomic E-state index is 14.3. The Morgan fingerprint density at radius 3 is 1.86 bits per heavy atom. The number of anilines is 1. The van der Waals surface area contributed by atoms with Gasteiger partial charge in [0.05, 0.1) is 17.2 Å². The highest BCUT2D eigenvalue weighted by molar-refractivity contribution is 5.73. The minimum absolute atomic E-state index is 0.157. The van der Waals surface area contributed by atoms with Crippen molar-refractivity contribution >= 4 is 11.6 Å². The summed E-state index contributed by atoms with van der Waals surface area (Å²) in [7, 11) is 0. The fourth-order valence-electron chi connectivity index (χ4n) is 4.25. The molecule has 0 aromatic heterocycles. The monoisotopic (exact) mass is 512 g/mol. The van der Waals surface area contributed by atoms with E-state index in [-0.39, 0.29) is 36.7 Å². The van der Waals surface area contributed by atoms with Crippen LogP contribution in [-0.2, 0) is 22.6 Å². The number of amides is 1. The molecule has 2 unspecified atom stereocenters. The molecule has 12 heteroatoms. The van der Waals surface area contributed by atoms with E-state index in [4.69, 9.17) is 0 Å². The number of alkyl halides is 9. The van der Waals surface area contributed by atoms with Gasteiger partial charge in [0.15, 0.2) is 0 Å². The Balaban J connectivity index is 2.02. The second kappa shape index (κ2) is 8.94. The van der Waals surface area contributed by atoms with Gasteiger partial charge < -0.3 is 10.2 Å². The molecular formula is C23H21F9N2O. The maximum absolute atomic E-state index is 14.3. The van der Waals surface area contributed by atoms with Crippen LogP contribution in [0, 0.1) is 0 Å². The summed E-state index contributed by atoms with van der Waals surface area (Å²) >= 11 is 0. The second-order valence-electron chi connectivity index (χ2n) is 8.56. The van der Waals surface area contributed by atoms with Crippen LogP contribution in [0.5, 0.6) is 0 Å². The van der Waals surface area contributed by atoms with Gasteiger partial charge in [-0.2, -0.15) is 39.5 Å². The molecule has 0 radical (unpaired) electrons. The Hall–Kier alpha value is -2.92. The highest BCUT2D eigenvalue weighted by Crippen LogP contribution is 2.50. The molecule has 2 aromatic rings. The van der Waals surface area contributed by atoms with Gasteiger partial charge in [0.2, 0.25) is 5.91 Å². The summed E-state index contributed by atoms with van der Waals surface area (Å²) in [5, 5.41) is 2.65. The van der Waals surface area contributed by atoms with Crippen LogP contribution in [0.15, 0.2) is 42.5 Å². The van der Waals surface area contributed by atoms with E-state index in [1.165, 1.54) is 24.0 Å². The average Bonchev–Trinajstić information content (AvgIpc) is 3.19. The molecule has 0 spiro atoms. The molecule has 1 heterocycles. The smallest absolute Gasteiger partial charge is 0.370 e. The lowest BCUT2D eigenvalue weighted by molar-refractivity contribution is -0.185. The normalized spacial score (nSPS) is 20.1. The Kier molecular flexibility index (Phi) is 6.82. The number of rotatable bonds is 4. The molecular weight excluding hydrogens is 491 g/mol. The van der Waals surface area contributed by atoms with Gasteiger partial charge in [-0.05, 0) is 54.8 Å². The van der Waals surface area contributed by atoms with E-state index in [0.717, 1.165) is 0 Å². The minimum atomic E-state index is -5.26. The first-order valence-corrected chi connectivity index (χ1v) is 10.4. The van der Waals surface area contributed by atoms with Gasteiger partial charge in [-0.15, -0.1) is 0 Å². The van der Waals surface area contributed by atoms with Gasteiger partial charge >= 0.3 is 18.5 Å². The largest absolute Gasteiger partial charge is 0.416 e. The Morgan fingerprint density at radius 1 is 0.914 bits per heavy atom. The molecule has 35 heavy (non-hydrogen) atoms. The van der Waals surface area contributed by atoms with Crippen LogP contribution < -0.4 is 10.2 Å². The third-order valence-electron chi connectivity index (χ3n) is 6.13. The maximum Gasteiger partial charge on any atom is 0.416 e. The highest BCUT2D eigenvalue weighted by Gasteiger charge is 2.60. The van der Waals surface area contributed by atoms with Crippen LogP contribution in [0.4, 0.5) is 45.2 Å². The number of carbonyl (C=O) groups is 1. The molecule has 1 fully saturated rings. The van der Waals surface area contributed by atoms with Crippen molar-refractivity contribution in [3.63, 3.8) is 0 Å². The van der Waals surface area contributed by atoms with Crippen molar-refractivity contribution in [1.29, 1.82) is 0 Å². The van der Waals surface area contributed by atoms with Gasteiger partial charge in [0.25, 0.3) is 0 Å². The standard InChI is InChI=1S/C23H21F9N2O/c1-13(33-14(2)35)15-3-5-19(6-4-15)34-8-7-20(12-34,23(30,31)32)16-9-17(21(24,25)26)11-18(10-16)22(27,28)29/h3-6,9-11,13H,7-8,12H2,1-2H3,(H,33,35). The predicted octanol–water partition coefficient (Wildman–Crippen LogP) is 6.63. The number of hydrogen-bond donors (Lipinski definition) is 1. The number of halogens is 9. The molecule has 1 aliphatic heterocycles. The minimum Gasteiger partial charge on any atom is -0.370 e. The van der Waals surface area contributed by atoms with Gasteiger partial charge in [0.1, 0.15) is 5.41 Å². The zero-order valence-electron chi connectivity index (χ0n) is 18.5. The van der Waals surface area contributed by atoms with Gasteiger partial charge in [0, 0.05) is 25.7 Å². The zero-order chi connectivity index (χ0) is 26.4. The number of nitrogens with one attached hydrogen (secondary N) is 1. The summed E-state index contributed by atoms with van der Waals surface area (Å²) in [5.74, 6) is -0.282. The van der Waals surface area contributed by atoms with Crippen molar-refractivity contribution in [3.8, 4) is 0 Å². The average molecular weight is 512 g/mol. The number of hydrogen-bond acceptors (Lipinski definition) is 2. The first-order chi connectivity index (χ1) is 15.9. The van der Waals surface area contributed by atoms with Crippen LogP contribution >= 0.6 is 0 Å². The number of carbonyl (C=O) groups excluding carboxylic acids is 1. The van der Waals surface area contributed by atoms with Gasteiger partial charge in [-0.1, -0.05) is 12.1 Å². The Bertz CT molecular complexity index is 1040. The molecule has 0 bridgehead atoms. The van der Waals surface area contributed by atoms with Crippen LogP contribution in [0.3, 0.4) is 0 Å². The van der Waals surface area contributed by atoms with E-state index in [1.807, 2.05) is 0 Å². The van der Waals surface area contributed by atoms with Gasteiger partial charge in [-0.25, -0.2) is 0 Å². The lowest BCUT2D eigenvalue weighted by Gasteiger charge is -2.33. The zero-order valence-corrected chi connectivity index (χ0v) is 18.5. The van der Waals surface area contributed by atoms with Crippen molar-refractivity contribution in [2.24, 2.45) is 0 Å². The molecule has 3 nitrogen and oxygen atoms in total. The Labute approximate surface area is 194 Å². The Morgan fingerprint density at radius 2 is 1.43 bits per heavy atom. The third-order valence-corrected chi connectivity index (χ3v) is 6.13. The van der Waals surface area contributed by atoms with E-state index in [2.05, 4.69) is 5.32 Å². The molecule has 3 rings (SSSR count). The van der Waals surface area contributed by atoms with Crippen LogP contribution in [0.25, 0.3) is 0 Å². The van der Waals surface area contributed by atoms with Crippen molar-refractivity contribution in [2.75, 3.05) is 18.0 Å². The van der Waals surface area contributed by atoms with Crippen LogP contribution in [0.2, 0.25) is 0 Å². The summed E-state index contributed by atoms with van der Waals surface area (Å²) in [6.45, 7) is 1.93. The van der Waals surface area contributed by atoms with Crippen LogP contribution in [-0.4, -0.2) is 25.2 Å². The molecule has 2 aromatic carbocycles. The summed E-state index contributed by atoms with van der Waals surface area (Å²) in [6.07, 6.45) is -16.4. The summed E-state index contributed by atoms with van der Waals surface area (Å²) < 4.78 is 123. The SMILES string of the molecule is CC(=O)NC(C)c1ccc(N2CCC(c3cc(C(F)(F)F)cc(C(F)(F)F)c3)(C(F)(F)F)C2)cc1. The molecule has 1 aliphatic rings. The van der Waals surface area contributed by atoms with Crippen molar-refractivity contribution in [1.82, 2.24) is 5.32 Å². The lowest BCUT2D eigenvalue weighted by Crippen LogP contribution is -2.45. The quantitative estimate of drug-likeness (QED) is 0.467. The molecule has 1 amide bonds. The number of nitrogens with zero attached hydrogens (tertiary/aromatic N) is 1. The van der Waals surface area contributed by atoms with E-state index >= 15 is 0 Å². The molecule has 1 N–H and O–H groups in total. The lowest BCUT2D eigenvalue weighted by atomic mass is 9.77. The summed E-state index contributed by atoms with van der Waals surface area (Å²) in [6, 6.07) is 5.90. The molecule has 192 valence electrons. The summed E-state index contributed by atoms with van der Waals surface area (Å²) in [5.41, 5.74) is -6.61. The molecule has 0 saturated carbocycles. The third kappa shape index (κ3) is 5.51.